The predicted octanol–water partition coefficient (Wildman–Crippen LogP) is 3.58. The number of hydrogen-bond donors (Lipinski definition) is 0. The highest BCUT2D eigenvalue weighted by Crippen LogP contribution is 2.27. The van der Waals surface area contributed by atoms with E-state index >= 15 is 0 Å². The lowest BCUT2D eigenvalue weighted by Crippen LogP contribution is -2.51. The van der Waals surface area contributed by atoms with Gasteiger partial charge in [-0.3, -0.25) is 19.4 Å². The summed E-state index contributed by atoms with van der Waals surface area (Å²) in [4.78, 5) is 29.4. The van der Waals surface area contributed by atoms with Gasteiger partial charge in [-0.25, -0.2) is 0 Å². The van der Waals surface area contributed by atoms with Crippen LogP contribution in [0.4, 0.5) is 0 Å². The summed E-state index contributed by atoms with van der Waals surface area (Å²) < 4.78 is 0. The Morgan fingerprint density at radius 3 is 2.04 bits per heavy atom. The number of rotatable bonds is 7. The molecule has 2 aromatic rings. The molecule has 1 unspecified atom stereocenters. The summed E-state index contributed by atoms with van der Waals surface area (Å²) in [5, 5.41) is 0. The number of benzene rings is 2. The number of carbonyl (C=O) groups is 2. The predicted molar refractivity (Wildman–Crippen MR) is 98.4 cm³/mol. The van der Waals surface area contributed by atoms with Crippen LogP contribution in [0.5, 0.6) is 0 Å². The summed E-state index contributed by atoms with van der Waals surface area (Å²) in [5.41, 5.74) is 2.14. The lowest BCUT2D eigenvalue weighted by atomic mass is 10.1. The SMILES string of the molecule is CCCCN(C)C(Cc1ccccc1)N1C(=O)c2ccccc2C1=O. The molecule has 3 rings (SSSR count). The van der Waals surface area contributed by atoms with Gasteiger partial charge in [0.1, 0.15) is 0 Å². The van der Waals surface area contributed by atoms with Crippen molar-refractivity contribution >= 4 is 11.8 Å². The Bertz CT molecular complexity index is 723. The molecule has 0 spiro atoms. The van der Waals surface area contributed by atoms with Crippen LogP contribution in [0.15, 0.2) is 54.6 Å². The van der Waals surface area contributed by atoms with E-state index in [1.807, 2.05) is 37.4 Å². The average Bonchev–Trinajstić information content (AvgIpc) is 2.90. The van der Waals surface area contributed by atoms with Crippen molar-refractivity contribution in [2.24, 2.45) is 0 Å². The topological polar surface area (TPSA) is 40.6 Å². The fourth-order valence-electron chi connectivity index (χ4n) is 3.30. The molecule has 0 aromatic heterocycles. The molecule has 1 aliphatic heterocycles. The molecule has 0 aliphatic carbocycles. The number of unbranched alkanes of at least 4 members (excludes halogenated alkanes) is 1. The third-order valence-corrected chi connectivity index (χ3v) is 4.76. The van der Waals surface area contributed by atoms with Crippen molar-refractivity contribution in [1.82, 2.24) is 9.80 Å². The first-order chi connectivity index (χ1) is 12.1. The van der Waals surface area contributed by atoms with Gasteiger partial charge in [0.15, 0.2) is 0 Å². The minimum atomic E-state index is -0.277. The molecular weight excluding hydrogens is 312 g/mol. The van der Waals surface area contributed by atoms with E-state index in [9.17, 15) is 9.59 Å². The molecule has 0 fully saturated rings. The molecule has 1 aliphatic rings. The number of hydrogen-bond acceptors (Lipinski definition) is 3. The van der Waals surface area contributed by atoms with E-state index in [1.165, 1.54) is 4.90 Å². The van der Waals surface area contributed by atoms with E-state index in [0.29, 0.717) is 17.5 Å². The zero-order valence-corrected chi connectivity index (χ0v) is 14.8. The normalized spacial score (nSPS) is 14.9. The lowest BCUT2D eigenvalue weighted by molar-refractivity contribution is 0.0364. The van der Waals surface area contributed by atoms with Crippen LogP contribution in [0.3, 0.4) is 0 Å². The van der Waals surface area contributed by atoms with Crippen LogP contribution in [0.25, 0.3) is 0 Å². The third-order valence-electron chi connectivity index (χ3n) is 4.76. The Hall–Kier alpha value is -2.46. The van der Waals surface area contributed by atoms with Crippen LogP contribution in [-0.2, 0) is 6.42 Å². The zero-order valence-electron chi connectivity index (χ0n) is 14.8. The maximum atomic E-state index is 12.9. The molecule has 1 heterocycles. The summed E-state index contributed by atoms with van der Waals surface area (Å²) in [5.74, 6) is -0.380. The smallest absolute Gasteiger partial charge is 0.262 e. The Morgan fingerprint density at radius 2 is 1.48 bits per heavy atom. The molecule has 1 atom stereocenters. The summed E-state index contributed by atoms with van der Waals surface area (Å²) in [6.45, 7) is 2.99. The second-order valence-electron chi connectivity index (χ2n) is 6.53. The van der Waals surface area contributed by atoms with Crippen molar-refractivity contribution in [3.8, 4) is 0 Å². The summed E-state index contributed by atoms with van der Waals surface area (Å²) in [6, 6.07) is 17.1. The molecule has 2 amide bonds. The molecule has 0 radical (unpaired) electrons. The van der Waals surface area contributed by atoms with Gasteiger partial charge in [-0.1, -0.05) is 55.8 Å². The summed E-state index contributed by atoms with van der Waals surface area (Å²) >= 11 is 0. The molecule has 0 saturated heterocycles. The van der Waals surface area contributed by atoms with Crippen molar-refractivity contribution in [1.29, 1.82) is 0 Å². The van der Waals surface area contributed by atoms with Gasteiger partial charge in [-0.05, 0) is 37.7 Å². The number of likely N-dealkylation sites (N-methyl/N-ethyl adjacent to an activating group) is 1. The highest BCUT2D eigenvalue weighted by Gasteiger charge is 2.41. The Kier molecular flexibility index (Phi) is 5.29. The van der Waals surface area contributed by atoms with Gasteiger partial charge >= 0.3 is 0 Å². The Morgan fingerprint density at radius 1 is 0.920 bits per heavy atom. The van der Waals surface area contributed by atoms with E-state index in [2.05, 4.69) is 11.8 Å². The van der Waals surface area contributed by atoms with Crippen LogP contribution in [0.2, 0.25) is 0 Å². The van der Waals surface area contributed by atoms with Gasteiger partial charge in [0.2, 0.25) is 0 Å². The highest BCUT2D eigenvalue weighted by molar-refractivity contribution is 6.21. The maximum Gasteiger partial charge on any atom is 0.262 e. The van der Waals surface area contributed by atoms with Crippen molar-refractivity contribution in [2.45, 2.75) is 32.4 Å². The molecule has 0 N–H and O–H groups in total. The van der Waals surface area contributed by atoms with Gasteiger partial charge < -0.3 is 0 Å². The third kappa shape index (κ3) is 3.49. The lowest BCUT2D eigenvalue weighted by Gasteiger charge is -2.34. The van der Waals surface area contributed by atoms with Crippen molar-refractivity contribution in [2.75, 3.05) is 13.6 Å². The number of nitrogens with zero attached hydrogens (tertiary/aromatic N) is 2. The second kappa shape index (κ2) is 7.62. The van der Waals surface area contributed by atoms with E-state index in [-0.39, 0.29) is 18.0 Å². The van der Waals surface area contributed by atoms with Crippen LogP contribution < -0.4 is 0 Å². The van der Waals surface area contributed by atoms with Gasteiger partial charge in [-0.2, -0.15) is 0 Å². The van der Waals surface area contributed by atoms with Crippen LogP contribution in [-0.4, -0.2) is 41.4 Å². The fourth-order valence-corrected chi connectivity index (χ4v) is 3.30. The average molecular weight is 336 g/mol. The standard InChI is InChI=1S/C21H24N2O2/c1-3-4-14-22(2)19(15-16-10-6-5-7-11-16)23-20(24)17-12-8-9-13-18(17)21(23)25/h5-13,19H,3-4,14-15H2,1-2H3. The van der Waals surface area contributed by atoms with Gasteiger partial charge in [0.05, 0.1) is 17.3 Å². The van der Waals surface area contributed by atoms with Crippen LogP contribution in [0, 0.1) is 0 Å². The molecule has 0 bridgehead atoms. The zero-order chi connectivity index (χ0) is 17.8. The largest absolute Gasteiger partial charge is 0.286 e. The molecule has 25 heavy (non-hydrogen) atoms. The minimum absolute atomic E-state index is 0.190. The first kappa shape index (κ1) is 17.4. The summed E-state index contributed by atoms with van der Waals surface area (Å²) in [7, 11) is 1.99. The Balaban J connectivity index is 1.91. The van der Waals surface area contributed by atoms with Gasteiger partial charge in [-0.15, -0.1) is 0 Å². The summed E-state index contributed by atoms with van der Waals surface area (Å²) in [6.07, 6.45) is 2.46. The van der Waals surface area contributed by atoms with Crippen molar-refractivity contribution in [3.05, 3.63) is 71.3 Å². The second-order valence-corrected chi connectivity index (χ2v) is 6.53. The maximum absolute atomic E-state index is 12.9. The monoisotopic (exact) mass is 336 g/mol. The molecular formula is C21H24N2O2. The van der Waals surface area contributed by atoms with Gasteiger partial charge in [0, 0.05) is 6.42 Å². The van der Waals surface area contributed by atoms with E-state index in [4.69, 9.17) is 0 Å². The number of imide groups is 1. The minimum Gasteiger partial charge on any atom is -0.286 e. The molecule has 0 saturated carbocycles. The quantitative estimate of drug-likeness (QED) is 0.726. The number of fused-ring (bicyclic) bond motifs is 1. The molecule has 130 valence electrons. The van der Waals surface area contributed by atoms with Crippen molar-refractivity contribution in [3.63, 3.8) is 0 Å². The van der Waals surface area contributed by atoms with E-state index < -0.39 is 0 Å². The number of amides is 2. The molecule has 2 aromatic carbocycles. The first-order valence-electron chi connectivity index (χ1n) is 8.84. The van der Waals surface area contributed by atoms with Crippen LogP contribution >= 0.6 is 0 Å². The first-order valence-corrected chi connectivity index (χ1v) is 8.84. The van der Waals surface area contributed by atoms with Crippen molar-refractivity contribution < 1.29 is 9.59 Å². The Labute approximate surface area is 149 Å². The molecule has 4 heteroatoms. The fraction of sp³-hybridized carbons (Fsp3) is 0.333. The molecule has 4 nitrogen and oxygen atoms in total. The highest BCUT2D eigenvalue weighted by atomic mass is 16.2. The number of carbonyl (C=O) groups excluding carboxylic acids is 2. The van der Waals surface area contributed by atoms with E-state index in [0.717, 1.165) is 24.9 Å². The van der Waals surface area contributed by atoms with Gasteiger partial charge in [0.25, 0.3) is 11.8 Å². The van der Waals surface area contributed by atoms with Crippen LogP contribution in [0.1, 0.15) is 46.0 Å². The van der Waals surface area contributed by atoms with E-state index in [1.54, 1.807) is 24.3 Å².